The van der Waals surface area contributed by atoms with Gasteiger partial charge in [0.25, 0.3) is 0 Å². The molecular formula is C23H27N3O3. The average molecular weight is 393 g/mol. The number of aromatic nitrogens is 3. The SMILES string of the molecule is Cc1ccc(Cn2nc(C)c(C(=O)OCC(=O)c3cc(C)n(C)c3C)c2C)cc1. The number of nitrogens with zero attached hydrogens (tertiary/aromatic N) is 3. The highest BCUT2D eigenvalue weighted by molar-refractivity contribution is 6.00. The van der Waals surface area contributed by atoms with Crippen molar-refractivity contribution in [1.29, 1.82) is 0 Å². The van der Waals surface area contributed by atoms with Crippen LogP contribution in [0, 0.1) is 34.6 Å². The van der Waals surface area contributed by atoms with E-state index in [-0.39, 0.29) is 12.4 Å². The number of benzene rings is 1. The molecule has 0 aliphatic heterocycles. The number of hydrogen-bond donors (Lipinski definition) is 0. The summed E-state index contributed by atoms with van der Waals surface area (Å²) in [6, 6.07) is 10.0. The molecule has 3 aromatic rings. The number of carbonyl (C=O) groups is 2. The number of esters is 1. The maximum atomic E-state index is 12.7. The Balaban J connectivity index is 1.72. The second-order valence-electron chi connectivity index (χ2n) is 7.53. The van der Waals surface area contributed by atoms with Crippen molar-refractivity contribution in [2.24, 2.45) is 7.05 Å². The number of carbonyl (C=O) groups excluding carboxylic acids is 2. The number of Topliss-reactive ketones (excluding diaryl/α,β-unsaturated/α-hetero) is 1. The van der Waals surface area contributed by atoms with Gasteiger partial charge < -0.3 is 9.30 Å². The number of hydrogen-bond acceptors (Lipinski definition) is 4. The van der Waals surface area contributed by atoms with Crippen LogP contribution in [-0.4, -0.2) is 32.7 Å². The molecule has 0 aliphatic carbocycles. The zero-order chi connectivity index (χ0) is 21.3. The summed E-state index contributed by atoms with van der Waals surface area (Å²) in [6.45, 7) is 9.77. The van der Waals surface area contributed by atoms with Gasteiger partial charge in [0.1, 0.15) is 5.56 Å². The van der Waals surface area contributed by atoms with Gasteiger partial charge in [-0.15, -0.1) is 0 Å². The van der Waals surface area contributed by atoms with Crippen molar-refractivity contribution >= 4 is 11.8 Å². The quantitative estimate of drug-likeness (QED) is 0.471. The Bertz CT molecular complexity index is 1070. The van der Waals surface area contributed by atoms with Gasteiger partial charge in [-0.05, 0) is 46.2 Å². The lowest BCUT2D eigenvalue weighted by Gasteiger charge is -2.07. The Morgan fingerprint density at radius 3 is 2.24 bits per heavy atom. The van der Waals surface area contributed by atoms with E-state index in [0.717, 1.165) is 22.6 Å². The first-order valence-corrected chi connectivity index (χ1v) is 9.61. The maximum Gasteiger partial charge on any atom is 0.342 e. The molecule has 6 heteroatoms. The number of aryl methyl sites for hydroxylation is 3. The van der Waals surface area contributed by atoms with Crippen molar-refractivity contribution in [2.75, 3.05) is 6.61 Å². The normalized spacial score (nSPS) is 11.0. The van der Waals surface area contributed by atoms with Crippen LogP contribution in [0.2, 0.25) is 0 Å². The molecule has 0 saturated heterocycles. The molecule has 0 N–H and O–H groups in total. The Morgan fingerprint density at radius 1 is 1.00 bits per heavy atom. The molecule has 0 fully saturated rings. The van der Waals surface area contributed by atoms with Gasteiger partial charge in [0.15, 0.2) is 6.61 Å². The Labute approximate surface area is 171 Å². The zero-order valence-corrected chi connectivity index (χ0v) is 17.9. The van der Waals surface area contributed by atoms with Gasteiger partial charge in [-0.25, -0.2) is 4.79 Å². The first-order chi connectivity index (χ1) is 13.7. The predicted molar refractivity (Wildman–Crippen MR) is 111 cm³/mol. The van der Waals surface area contributed by atoms with Gasteiger partial charge in [-0.1, -0.05) is 29.8 Å². The average Bonchev–Trinajstić information content (AvgIpc) is 3.11. The van der Waals surface area contributed by atoms with Crippen molar-refractivity contribution in [3.05, 3.63) is 75.4 Å². The largest absolute Gasteiger partial charge is 0.454 e. The topological polar surface area (TPSA) is 66.1 Å². The van der Waals surface area contributed by atoms with Crippen molar-refractivity contribution in [2.45, 2.75) is 41.2 Å². The minimum Gasteiger partial charge on any atom is -0.454 e. The molecule has 3 rings (SSSR count). The molecule has 29 heavy (non-hydrogen) atoms. The van der Waals surface area contributed by atoms with Gasteiger partial charge in [-0.2, -0.15) is 5.10 Å². The third-order valence-corrected chi connectivity index (χ3v) is 5.45. The fourth-order valence-corrected chi connectivity index (χ4v) is 3.43. The number of ether oxygens (including phenoxy) is 1. The van der Waals surface area contributed by atoms with E-state index >= 15 is 0 Å². The van der Waals surface area contributed by atoms with Crippen molar-refractivity contribution in [3.8, 4) is 0 Å². The monoisotopic (exact) mass is 393 g/mol. The summed E-state index contributed by atoms with van der Waals surface area (Å²) in [5, 5.41) is 4.49. The fraction of sp³-hybridized carbons (Fsp3) is 0.348. The first-order valence-electron chi connectivity index (χ1n) is 9.61. The Morgan fingerprint density at radius 2 is 1.66 bits per heavy atom. The van der Waals surface area contributed by atoms with E-state index in [1.54, 1.807) is 11.6 Å². The molecule has 0 unspecified atom stereocenters. The molecule has 1 aromatic carbocycles. The second-order valence-corrected chi connectivity index (χ2v) is 7.53. The standard InChI is InChI=1S/C23H27N3O3/c1-14-7-9-19(10-8-14)12-26-18(5)22(16(3)24-26)23(28)29-13-21(27)20-11-15(2)25(6)17(20)4/h7-11H,12-13H2,1-6H3. The lowest BCUT2D eigenvalue weighted by molar-refractivity contribution is 0.0473. The molecule has 152 valence electrons. The van der Waals surface area contributed by atoms with Crippen molar-refractivity contribution in [1.82, 2.24) is 14.3 Å². The van der Waals surface area contributed by atoms with Crippen LogP contribution in [-0.2, 0) is 18.3 Å². The molecular weight excluding hydrogens is 366 g/mol. The van der Waals surface area contributed by atoms with E-state index in [9.17, 15) is 9.59 Å². The van der Waals surface area contributed by atoms with E-state index < -0.39 is 5.97 Å². The van der Waals surface area contributed by atoms with Crippen LogP contribution >= 0.6 is 0 Å². The highest BCUT2D eigenvalue weighted by Gasteiger charge is 2.22. The summed E-state index contributed by atoms with van der Waals surface area (Å²) in [6.07, 6.45) is 0. The van der Waals surface area contributed by atoms with Gasteiger partial charge in [0.2, 0.25) is 5.78 Å². The van der Waals surface area contributed by atoms with Crippen LogP contribution in [0.15, 0.2) is 30.3 Å². The van der Waals surface area contributed by atoms with Gasteiger partial charge in [-0.3, -0.25) is 9.48 Å². The summed E-state index contributed by atoms with van der Waals surface area (Å²) in [4.78, 5) is 25.2. The number of rotatable bonds is 6. The molecule has 0 atom stereocenters. The maximum absolute atomic E-state index is 12.7. The molecule has 2 aromatic heterocycles. The summed E-state index contributed by atoms with van der Waals surface area (Å²) < 4.78 is 9.08. The summed E-state index contributed by atoms with van der Waals surface area (Å²) in [5.41, 5.74) is 6.48. The van der Waals surface area contributed by atoms with Crippen LogP contribution in [0.4, 0.5) is 0 Å². The molecule has 0 aliphatic rings. The molecule has 0 bridgehead atoms. The van der Waals surface area contributed by atoms with Crippen LogP contribution in [0.1, 0.15) is 54.6 Å². The second kappa shape index (κ2) is 8.07. The lowest BCUT2D eigenvalue weighted by atomic mass is 10.1. The molecule has 6 nitrogen and oxygen atoms in total. The minimum absolute atomic E-state index is 0.207. The molecule has 0 saturated carbocycles. The molecule has 0 spiro atoms. The smallest absolute Gasteiger partial charge is 0.342 e. The summed E-state index contributed by atoms with van der Waals surface area (Å²) >= 11 is 0. The first kappa shape index (κ1) is 20.6. The predicted octanol–water partition coefficient (Wildman–Crippen LogP) is 3.85. The zero-order valence-electron chi connectivity index (χ0n) is 17.9. The third kappa shape index (κ3) is 4.16. The van der Waals surface area contributed by atoms with Gasteiger partial charge in [0.05, 0.1) is 17.9 Å². The summed E-state index contributed by atoms with van der Waals surface area (Å²) in [5.74, 6) is -0.726. The Kier molecular flexibility index (Phi) is 5.73. The van der Waals surface area contributed by atoms with Crippen LogP contribution < -0.4 is 0 Å². The molecule has 0 radical (unpaired) electrons. The summed E-state index contributed by atoms with van der Waals surface area (Å²) in [7, 11) is 1.91. The number of ketones is 1. The van der Waals surface area contributed by atoms with E-state index in [2.05, 4.69) is 17.2 Å². The van der Waals surface area contributed by atoms with E-state index in [1.165, 1.54) is 5.56 Å². The highest BCUT2D eigenvalue weighted by atomic mass is 16.5. The molecule has 2 heterocycles. The Hall–Kier alpha value is -3.15. The van der Waals surface area contributed by atoms with Gasteiger partial charge in [0, 0.05) is 24.0 Å². The van der Waals surface area contributed by atoms with Crippen LogP contribution in [0.25, 0.3) is 0 Å². The van der Waals surface area contributed by atoms with Crippen LogP contribution in [0.5, 0.6) is 0 Å². The highest BCUT2D eigenvalue weighted by Crippen LogP contribution is 2.18. The van der Waals surface area contributed by atoms with Crippen LogP contribution in [0.3, 0.4) is 0 Å². The fourth-order valence-electron chi connectivity index (χ4n) is 3.43. The molecule has 0 amide bonds. The van der Waals surface area contributed by atoms with Gasteiger partial charge >= 0.3 is 5.97 Å². The third-order valence-electron chi connectivity index (χ3n) is 5.45. The van der Waals surface area contributed by atoms with E-state index in [0.29, 0.717) is 23.4 Å². The minimum atomic E-state index is -0.520. The van der Waals surface area contributed by atoms with Crippen molar-refractivity contribution in [3.63, 3.8) is 0 Å². The van der Waals surface area contributed by atoms with Crippen molar-refractivity contribution < 1.29 is 14.3 Å². The van der Waals surface area contributed by atoms with E-state index in [4.69, 9.17) is 4.74 Å². The lowest BCUT2D eigenvalue weighted by Crippen LogP contribution is -2.16. The van der Waals surface area contributed by atoms with E-state index in [1.807, 2.05) is 57.5 Å².